The Morgan fingerprint density at radius 2 is 2.00 bits per heavy atom. The van der Waals surface area contributed by atoms with Gasteiger partial charge in [0.1, 0.15) is 0 Å². The lowest BCUT2D eigenvalue weighted by Crippen LogP contribution is -2.11. The van der Waals surface area contributed by atoms with Crippen LogP contribution in [0.15, 0.2) is 6.07 Å². The molecule has 4 nitrogen and oxygen atoms in total. The molecule has 0 aromatic heterocycles. The summed E-state index contributed by atoms with van der Waals surface area (Å²) in [5.41, 5.74) is 1.23. The molecule has 0 heterocycles. The van der Waals surface area contributed by atoms with Crippen LogP contribution < -0.4 is 14.8 Å². The lowest BCUT2D eigenvalue weighted by molar-refractivity contribution is 0.112. The van der Waals surface area contributed by atoms with Gasteiger partial charge in [-0.15, -0.1) is 0 Å². The van der Waals surface area contributed by atoms with Gasteiger partial charge in [-0.2, -0.15) is 0 Å². The van der Waals surface area contributed by atoms with Gasteiger partial charge in [0.15, 0.2) is 17.8 Å². The van der Waals surface area contributed by atoms with Crippen molar-refractivity contribution in [2.45, 2.75) is 6.42 Å². The first-order valence-corrected chi connectivity index (χ1v) is 5.60. The first kappa shape index (κ1) is 13.8. The van der Waals surface area contributed by atoms with Crippen LogP contribution in [0.5, 0.6) is 11.5 Å². The van der Waals surface area contributed by atoms with Crippen LogP contribution >= 0.6 is 11.6 Å². The van der Waals surface area contributed by atoms with Crippen LogP contribution in [0.4, 0.5) is 0 Å². The molecule has 0 fully saturated rings. The van der Waals surface area contributed by atoms with E-state index in [0.717, 1.165) is 18.5 Å². The van der Waals surface area contributed by atoms with Crippen LogP contribution in [0.3, 0.4) is 0 Å². The Bertz CT molecular complexity index is 407. The van der Waals surface area contributed by atoms with Crippen molar-refractivity contribution in [1.29, 1.82) is 0 Å². The topological polar surface area (TPSA) is 47.6 Å². The average molecular weight is 258 g/mol. The first-order valence-electron chi connectivity index (χ1n) is 5.22. The summed E-state index contributed by atoms with van der Waals surface area (Å²) in [5.74, 6) is 0.954. The molecule has 0 amide bonds. The normalized spacial score (nSPS) is 10.1. The molecule has 5 heteroatoms. The maximum atomic E-state index is 11.0. The minimum atomic E-state index is 0.319. The van der Waals surface area contributed by atoms with Gasteiger partial charge in [-0.05, 0) is 26.1 Å². The summed E-state index contributed by atoms with van der Waals surface area (Å²) in [6.45, 7) is 0.788. The van der Waals surface area contributed by atoms with Crippen LogP contribution in [0.2, 0.25) is 5.02 Å². The van der Waals surface area contributed by atoms with E-state index < -0.39 is 0 Å². The zero-order chi connectivity index (χ0) is 12.8. The minimum Gasteiger partial charge on any atom is -0.493 e. The molecule has 0 aliphatic carbocycles. The third-order valence-electron chi connectivity index (χ3n) is 2.47. The highest BCUT2D eigenvalue weighted by atomic mass is 35.5. The molecule has 0 bridgehead atoms. The summed E-state index contributed by atoms with van der Waals surface area (Å²) >= 11 is 6.03. The Balaban J connectivity index is 3.31. The monoisotopic (exact) mass is 257 g/mol. The highest BCUT2D eigenvalue weighted by Crippen LogP contribution is 2.38. The van der Waals surface area contributed by atoms with E-state index in [1.165, 1.54) is 7.11 Å². The molecule has 0 atom stereocenters. The molecule has 1 rings (SSSR count). The highest BCUT2D eigenvalue weighted by Gasteiger charge is 2.18. The molecule has 0 unspecified atom stereocenters. The fraction of sp³-hybridized carbons (Fsp3) is 0.417. The van der Waals surface area contributed by atoms with Crippen molar-refractivity contribution in [3.05, 3.63) is 22.2 Å². The summed E-state index contributed by atoms with van der Waals surface area (Å²) < 4.78 is 10.5. The van der Waals surface area contributed by atoms with E-state index in [1.54, 1.807) is 13.2 Å². The Morgan fingerprint density at radius 1 is 1.35 bits per heavy atom. The fourth-order valence-corrected chi connectivity index (χ4v) is 1.92. The van der Waals surface area contributed by atoms with Crippen LogP contribution in [0, 0.1) is 0 Å². The molecule has 0 spiro atoms. The van der Waals surface area contributed by atoms with E-state index >= 15 is 0 Å². The summed E-state index contributed by atoms with van der Waals surface area (Å²) in [5, 5.41) is 3.42. The molecule has 0 aliphatic rings. The zero-order valence-corrected chi connectivity index (χ0v) is 10.9. The summed E-state index contributed by atoms with van der Waals surface area (Å²) in [4.78, 5) is 11.0. The summed E-state index contributed by atoms with van der Waals surface area (Å²) in [7, 11) is 4.90. The van der Waals surface area contributed by atoms with Crippen LogP contribution in [-0.4, -0.2) is 34.1 Å². The summed E-state index contributed by atoms with van der Waals surface area (Å²) in [6.07, 6.45) is 1.42. The predicted molar refractivity (Wildman–Crippen MR) is 67.6 cm³/mol. The summed E-state index contributed by atoms with van der Waals surface area (Å²) in [6, 6.07) is 1.74. The van der Waals surface area contributed by atoms with Gasteiger partial charge in [0.05, 0.1) is 24.8 Å². The standard InChI is InChI=1S/C12H16ClNO3/c1-14-5-4-8-6-10(13)9(7-15)12(17-3)11(8)16-2/h6-7,14H,4-5H2,1-3H3. The van der Waals surface area contributed by atoms with Gasteiger partial charge >= 0.3 is 0 Å². The lowest BCUT2D eigenvalue weighted by Gasteiger charge is -2.15. The number of nitrogens with one attached hydrogen (secondary N) is 1. The van der Waals surface area contributed by atoms with Crippen LogP contribution in [0.25, 0.3) is 0 Å². The molecule has 1 N–H and O–H groups in total. The average Bonchev–Trinajstić information content (AvgIpc) is 2.35. The SMILES string of the molecule is CNCCc1cc(Cl)c(C=O)c(OC)c1OC. The predicted octanol–water partition coefficient (Wildman–Crippen LogP) is 1.93. The molecular weight excluding hydrogens is 242 g/mol. The van der Waals surface area contributed by atoms with E-state index in [4.69, 9.17) is 21.1 Å². The zero-order valence-electron chi connectivity index (χ0n) is 10.2. The van der Waals surface area contributed by atoms with Crippen molar-refractivity contribution in [2.75, 3.05) is 27.8 Å². The molecule has 94 valence electrons. The van der Waals surface area contributed by atoms with E-state index in [0.29, 0.717) is 28.4 Å². The molecule has 17 heavy (non-hydrogen) atoms. The van der Waals surface area contributed by atoms with Gasteiger partial charge in [-0.25, -0.2) is 0 Å². The Kier molecular flexibility index (Phi) is 5.25. The Hall–Kier alpha value is -1.26. The second kappa shape index (κ2) is 6.47. The Morgan fingerprint density at radius 3 is 2.47 bits per heavy atom. The van der Waals surface area contributed by atoms with E-state index in [-0.39, 0.29) is 0 Å². The number of benzene rings is 1. The molecule has 0 aliphatic heterocycles. The number of ether oxygens (including phenoxy) is 2. The molecule has 0 saturated heterocycles. The number of carbonyl (C=O) groups is 1. The van der Waals surface area contributed by atoms with E-state index in [9.17, 15) is 4.79 Å². The Labute approximate surface area is 106 Å². The second-order valence-corrected chi connectivity index (χ2v) is 3.88. The molecule has 0 radical (unpaired) electrons. The number of methoxy groups -OCH3 is 2. The molecule has 1 aromatic carbocycles. The number of rotatable bonds is 6. The number of halogens is 1. The van der Waals surface area contributed by atoms with Crippen molar-refractivity contribution in [3.8, 4) is 11.5 Å². The number of hydrogen-bond acceptors (Lipinski definition) is 4. The van der Waals surface area contributed by atoms with Gasteiger partial charge in [0.25, 0.3) is 0 Å². The maximum absolute atomic E-state index is 11.0. The maximum Gasteiger partial charge on any atom is 0.173 e. The van der Waals surface area contributed by atoms with Gasteiger partial charge in [0, 0.05) is 5.56 Å². The van der Waals surface area contributed by atoms with Crippen LogP contribution in [-0.2, 0) is 6.42 Å². The lowest BCUT2D eigenvalue weighted by atomic mass is 10.1. The number of aldehydes is 1. The van der Waals surface area contributed by atoms with E-state index in [1.807, 2.05) is 7.05 Å². The van der Waals surface area contributed by atoms with E-state index in [2.05, 4.69) is 5.32 Å². The van der Waals surface area contributed by atoms with Gasteiger partial charge in [-0.3, -0.25) is 4.79 Å². The quantitative estimate of drug-likeness (QED) is 0.791. The number of hydrogen-bond donors (Lipinski definition) is 1. The largest absolute Gasteiger partial charge is 0.493 e. The first-order chi connectivity index (χ1) is 8.19. The van der Waals surface area contributed by atoms with Crippen molar-refractivity contribution in [2.24, 2.45) is 0 Å². The van der Waals surface area contributed by atoms with Crippen molar-refractivity contribution >= 4 is 17.9 Å². The smallest absolute Gasteiger partial charge is 0.173 e. The second-order valence-electron chi connectivity index (χ2n) is 3.47. The van der Waals surface area contributed by atoms with Crippen LogP contribution in [0.1, 0.15) is 15.9 Å². The van der Waals surface area contributed by atoms with Gasteiger partial charge in [0.2, 0.25) is 0 Å². The minimum absolute atomic E-state index is 0.319. The number of carbonyl (C=O) groups excluding carboxylic acids is 1. The highest BCUT2D eigenvalue weighted by molar-refractivity contribution is 6.33. The van der Waals surface area contributed by atoms with Gasteiger partial charge in [-0.1, -0.05) is 11.6 Å². The van der Waals surface area contributed by atoms with Crippen molar-refractivity contribution < 1.29 is 14.3 Å². The third kappa shape index (κ3) is 2.90. The van der Waals surface area contributed by atoms with Crippen molar-refractivity contribution in [1.82, 2.24) is 5.32 Å². The fourth-order valence-electron chi connectivity index (χ4n) is 1.65. The molecule has 0 saturated carbocycles. The van der Waals surface area contributed by atoms with Crippen molar-refractivity contribution in [3.63, 3.8) is 0 Å². The molecular formula is C12H16ClNO3. The molecule has 1 aromatic rings. The third-order valence-corrected chi connectivity index (χ3v) is 2.78. The number of likely N-dealkylation sites (N-methyl/N-ethyl adjacent to an activating group) is 1. The van der Waals surface area contributed by atoms with Gasteiger partial charge < -0.3 is 14.8 Å².